The largest absolute Gasteiger partial charge is 0.352 e. The van der Waals surface area contributed by atoms with Crippen LogP contribution in [0.3, 0.4) is 0 Å². The summed E-state index contributed by atoms with van der Waals surface area (Å²) >= 11 is 0. The normalized spacial score (nSPS) is 13.0. The van der Waals surface area contributed by atoms with Crippen LogP contribution in [0.1, 0.15) is 68.7 Å². The zero-order valence-electron chi connectivity index (χ0n) is 21.2. The van der Waals surface area contributed by atoms with Gasteiger partial charge in [0.15, 0.2) is 0 Å². The molecule has 0 aliphatic heterocycles. The lowest BCUT2D eigenvalue weighted by Gasteiger charge is -2.34. The maximum atomic E-state index is 13.4. The highest BCUT2D eigenvalue weighted by molar-refractivity contribution is 5.94. The summed E-state index contributed by atoms with van der Waals surface area (Å²) in [7, 11) is 0. The molecule has 0 saturated carbocycles. The Labute approximate surface area is 203 Å². The van der Waals surface area contributed by atoms with E-state index in [0.717, 1.165) is 41.7 Å². The molecule has 2 aromatic carbocycles. The Balaban J connectivity index is 1.72. The molecule has 0 saturated heterocycles. The zero-order valence-corrected chi connectivity index (χ0v) is 21.2. The predicted molar refractivity (Wildman–Crippen MR) is 138 cm³/mol. The molecule has 0 radical (unpaired) electrons. The van der Waals surface area contributed by atoms with E-state index in [-0.39, 0.29) is 30.4 Å². The first-order chi connectivity index (χ1) is 16.3. The molecule has 6 nitrogen and oxygen atoms in total. The smallest absolute Gasteiger partial charge is 0.251 e. The summed E-state index contributed by atoms with van der Waals surface area (Å²) in [5, 5.41) is 3.00. The Hall–Kier alpha value is -3.15. The van der Waals surface area contributed by atoms with Crippen molar-refractivity contribution in [3.8, 4) is 0 Å². The van der Waals surface area contributed by atoms with Crippen molar-refractivity contribution in [2.24, 2.45) is 0 Å². The fraction of sp³-hybridized carbons (Fsp3) is 0.464. The minimum Gasteiger partial charge on any atom is -0.352 e. The van der Waals surface area contributed by atoms with Gasteiger partial charge in [-0.2, -0.15) is 0 Å². The van der Waals surface area contributed by atoms with Crippen molar-refractivity contribution in [2.45, 2.75) is 78.9 Å². The van der Waals surface area contributed by atoms with Crippen molar-refractivity contribution < 1.29 is 9.59 Å². The molecule has 3 aromatic rings. The van der Waals surface area contributed by atoms with Crippen LogP contribution < -0.4 is 5.32 Å². The number of nitrogens with one attached hydrogen (secondary N) is 1. The Bertz CT molecular complexity index is 1110. The monoisotopic (exact) mass is 462 g/mol. The number of nitrogens with zero attached hydrogens (tertiary/aromatic N) is 3. The van der Waals surface area contributed by atoms with E-state index in [9.17, 15) is 9.59 Å². The van der Waals surface area contributed by atoms with E-state index in [4.69, 9.17) is 4.98 Å². The number of aryl methyl sites for hydroxylation is 2. The van der Waals surface area contributed by atoms with E-state index >= 15 is 0 Å². The topological polar surface area (TPSA) is 67.2 Å². The van der Waals surface area contributed by atoms with Crippen molar-refractivity contribution in [3.63, 3.8) is 0 Å². The summed E-state index contributed by atoms with van der Waals surface area (Å²) < 4.78 is 2.05. The van der Waals surface area contributed by atoms with E-state index in [1.165, 1.54) is 0 Å². The average Bonchev–Trinajstić information content (AvgIpc) is 3.18. The highest BCUT2D eigenvalue weighted by atomic mass is 16.2. The number of hydrogen-bond donors (Lipinski definition) is 1. The Kier molecular flexibility index (Phi) is 8.85. The second kappa shape index (κ2) is 11.8. The molecule has 2 amide bonds. The van der Waals surface area contributed by atoms with Crippen LogP contribution in [0.25, 0.3) is 11.0 Å². The van der Waals surface area contributed by atoms with Crippen molar-refractivity contribution >= 4 is 22.8 Å². The molecule has 1 aromatic heterocycles. The third-order valence-electron chi connectivity index (χ3n) is 6.59. The van der Waals surface area contributed by atoms with Gasteiger partial charge >= 0.3 is 0 Å². The Morgan fingerprint density at radius 3 is 2.41 bits per heavy atom. The lowest BCUT2D eigenvalue weighted by atomic mass is 10.1. The molecule has 6 heteroatoms. The third-order valence-corrected chi connectivity index (χ3v) is 6.59. The summed E-state index contributed by atoms with van der Waals surface area (Å²) in [6, 6.07) is 15.9. The van der Waals surface area contributed by atoms with Crippen LogP contribution in [0.2, 0.25) is 0 Å². The van der Waals surface area contributed by atoms with Gasteiger partial charge < -0.3 is 14.8 Å². The van der Waals surface area contributed by atoms with Gasteiger partial charge in [-0.15, -0.1) is 0 Å². The fourth-order valence-electron chi connectivity index (χ4n) is 4.37. The number of amides is 2. The van der Waals surface area contributed by atoms with E-state index in [1.807, 2.05) is 60.4 Å². The Morgan fingerprint density at radius 2 is 1.74 bits per heavy atom. The van der Waals surface area contributed by atoms with Gasteiger partial charge in [0.2, 0.25) is 5.91 Å². The molecular weight excluding hydrogens is 424 g/mol. The van der Waals surface area contributed by atoms with Gasteiger partial charge in [-0.3, -0.25) is 9.59 Å². The quantitative estimate of drug-likeness (QED) is 0.402. The number of fused-ring (bicyclic) bond motifs is 1. The molecule has 0 fully saturated rings. The summed E-state index contributed by atoms with van der Waals surface area (Å²) in [4.78, 5) is 32.7. The Morgan fingerprint density at radius 1 is 1.03 bits per heavy atom. The maximum absolute atomic E-state index is 13.4. The first-order valence-corrected chi connectivity index (χ1v) is 12.5. The van der Waals surface area contributed by atoms with E-state index in [2.05, 4.69) is 37.6 Å². The lowest BCUT2D eigenvalue weighted by Crippen LogP contribution is -2.45. The molecule has 2 atom stereocenters. The highest BCUT2D eigenvalue weighted by Gasteiger charge is 2.25. The number of para-hydroxylation sites is 2. The number of hydrogen-bond acceptors (Lipinski definition) is 3. The molecule has 2 unspecified atom stereocenters. The second-order valence-corrected chi connectivity index (χ2v) is 9.15. The first kappa shape index (κ1) is 25.5. The molecule has 1 heterocycles. The second-order valence-electron chi connectivity index (χ2n) is 9.15. The fourth-order valence-corrected chi connectivity index (χ4v) is 4.37. The standard InChI is InChI=1S/C28H38N4O2/c1-6-21(4)32(22(5)7-2)27(33)19-31-25-15-9-8-14-24(25)30-26(31)16-11-17-29-28(34)23-13-10-12-20(3)18-23/h8-10,12-15,18,21-22H,6-7,11,16-17,19H2,1-5H3,(H,29,34). The SMILES string of the molecule is CCC(C)N(C(=O)Cn1c(CCCNC(=O)c2cccc(C)c2)nc2ccccc21)C(C)CC. The van der Waals surface area contributed by atoms with Gasteiger partial charge in [0, 0.05) is 30.6 Å². The van der Waals surface area contributed by atoms with Crippen molar-refractivity contribution in [1.82, 2.24) is 19.8 Å². The number of rotatable bonds is 11. The lowest BCUT2D eigenvalue weighted by molar-refractivity contribution is -0.136. The van der Waals surface area contributed by atoms with Gasteiger partial charge in [0.25, 0.3) is 5.91 Å². The van der Waals surface area contributed by atoms with Crippen LogP contribution in [0.5, 0.6) is 0 Å². The van der Waals surface area contributed by atoms with E-state index < -0.39 is 0 Å². The molecule has 0 aliphatic rings. The van der Waals surface area contributed by atoms with Crippen molar-refractivity contribution in [1.29, 1.82) is 0 Å². The van der Waals surface area contributed by atoms with Crippen LogP contribution >= 0.6 is 0 Å². The maximum Gasteiger partial charge on any atom is 0.251 e. The van der Waals surface area contributed by atoms with E-state index in [0.29, 0.717) is 18.5 Å². The highest BCUT2D eigenvalue weighted by Crippen LogP contribution is 2.20. The molecular formula is C28H38N4O2. The minimum absolute atomic E-state index is 0.0647. The summed E-state index contributed by atoms with van der Waals surface area (Å²) in [6.45, 7) is 11.3. The summed E-state index contributed by atoms with van der Waals surface area (Å²) in [5.41, 5.74) is 3.61. The number of carbonyl (C=O) groups is 2. The summed E-state index contributed by atoms with van der Waals surface area (Å²) in [5.74, 6) is 0.943. The van der Waals surface area contributed by atoms with Crippen molar-refractivity contribution in [2.75, 3.05) is 6.54 Å². The molecule has 0 aliphatic carbocycles. The number of benzene rings is 2. The van der Waals surface area contributed by atoms with Gasteiger partial charge in [-0.1, -0.05) is 43.7 Å². The third kappa shape index (κ3) is 6.04. The van der Waals surface area contributed by atoms with E-state index in [1.54, 1.807) is 0 Å². The molecule has 3 rings (SSSR count). The molecule has 0 spiro atoms. The number of imidazole rings is 1. The van der Waals surface area contributed by atoms with Gasteiger partial charge in [-0.05, 0) is 64.3 Å². The predicted octanol–water partition coefficient (Wildman–Crippen LogP) is 5.13. The molecule has 182 valence electrons. The van der Waals surface area contributed by atoms with Crippen LogP contribution in [0.15, 0.2) is 48.5 Å². The van der Waals surface area contributed by atoms with Crippen LogP contribution in [0.4, 0.5) is 0 Å². The zero-order chi connectivity index (χ0) is 24.7. The number of aromatic nitrogens is 2. The van der Waals surface area contributed by atoms with Gasteiger partial charge in [0.1, 0.15) is 12.4 Å². The van der Waals surface area contributed by atoms with Crippen LogP contribution in [-0.4, -0.2) is 44.9 Å². The van der Waals surface area contributed by atoms with Crippen LogP contribution in [0, 0.1) is 6.92 Å². The minimum atomic E-state index is -0.0647. The van der Waals surface area contributed by atoms with Crippen LogP contribution in [-0.2, 0) is 17.8 Å². The number of carbonyl (C=O) groups excluding carboxylic acids is 2. The molecule has 34 heavy (non-hydrogen) atoms. The van der Waals surface area contributed by atoms with Gasteiger partial charge in [-0.25, -0.2) is 4.98 Å². The van der Waals surface area contributed by atoms with Crippen molar-refractivity contribution in [3.05, 3.63) is 65.5 Å². The first-order valence-electron chi connectivity index (χ1n) is 12.5. The molecule has 0 bridgehead atoms. The summed E-state index contributed by atoms with van der Waals surface area (Å²) in [6.07, 6.45) is 3.28. The average molecular weight is 463 g/mol. The molecule has 1 N–H and O–H groups in total. The van der Waals surface area contributed by atoms with Gasteiger partial charge in [0.05, 0.1) is 11.0 Å².